The smallest absolute Gasteiger partial charge is 0.274 e. The predicted octanol–water partition coefficient (Wildman–Crippen LogP) is 0.758. The van der Waals surface area contributed by atoms with E-state index < -0.39 is 41.4 Å². The molecule has 11 nitrogen and oxygen atoms in total. The number of nitrogens with zero attached hydrogens (tertiary/aromatic N) is 1. The van der Waals surface area contributed by atoms with Gasteiger partial charge in [0.2, 0.25) is 11.8 Å². The lowest BCUT2D eigenvalue weighted by Crippen LogP contribution is -2.59. The molecular weight excluding hydrogens is 444 g/mol. The van der Waals surface area contributed by atoms with Gasteiger partial charge in [-0.15, -0.1) is 0 Å². The van der Waals surface area contributed by atoms with E-state index >= 15 is 0 Å². The van der Waals surface area contributed by atoms with Gasteiger partial charge in [0, 0.05) is 13.2 Å². The zero-order chi connectivity index (χ0) is 25.6. The van der Waals surface area contributed by atoms with Crippen molar-refractivity contribution in [1.82, 2.24) is 21.1 Å². The first kappa shape index (κ1) is 27.5. The molecular formula is C23H36N4O7. The van der Waals surface area contributed by atoms with Crippen LogP contribution in [0.3, 0.4) is 0 Å². The van der Waals surface area contributed by atoms with Crippen molar-refractivity contribution in [1.29, 1.82) is 0 Å². The summed E-state index contributed by atoms with van der Waals surface area (Å²) < 4.78 is 15.3. The van der Waals surface area contributed by atoms with Crippen LogP contribution in [0.1, 0.15) is 57.3 Å². The van der Waals surface area contributed by atoms with Crippen LogP contribution >= 0.6 is 0 Å². The van der Waals surface area contributed by atoms with Gasteiger partial charge in [-0.3, -0.25) is 19.2 Å². The predicted molar refractivity (Wildman–Crippen MR) is 122 cm³/mol. The third kappa shape index (κ3) is 7.36. The topological polar surface area (TPSA) is 152 Å². The van der Waals surface area contributed by atoms with Gasteiger partial charge in [-0.1, -0.05) is 32.9 Å². The van der Waals surface area contributed by atoms with E-state index in [1.54, 1.807) is 27.7 Å². The Labute approximate surface area is 199 Å². The Morgan fingerprint density at radius 1 is 1.09 bits per heavy atom. The van der Waals surface area contributed by atoms with Crippen molar-refractivity contribution in [3.8, 4) is 0 Å². The van der Waals surface area contributed by atoms with E-state index in [-0.39, 0.29) is 29.9 Å². The lowest BCUT2D eigenvalue weighted by Gasteiger charge is -2.27. The number of amides is 3. The van der Waals surface area contributed by atoms with Crippen LogP contribution in [-0.4, -0.2) is 72.7 Å². The van der Waals surface area contributed by atoms with Crippen LogP contribution < -0.4 is 16.0 Å². The molecule has 34 heavy (non-hydrogen) atoms. The van der Waals surface area contributed by atoms with Crippen molar-refractivity contribution in [3.05, 3.63) is 17.5 Å². The van der Waals surface area contributed by atoms with E-state index in [1.807, 2.05) is 13.8 Å². The molecule has 3 amide bonds. The summed E-state index contributed by atoms with van der Waals surface area (Å²) in [4.78, 5) is 51.4. The van der Waals surface area contributed by atoms with Crippen molar-refractivity contribution >= 4 is 23.5 Å². The maximum Gasteiger partial charge on any atom is 0.274 e. The highest BCUT2D eigenvalue weighted by molar-refractivity contribution is 5.99. The largest absolute Gasteiger partial charge is 0.382 e. The maximum atomic E-state index is 13.0. The minimum atomic E-state index is -1.07. The summed E-state index contributed by atoms with van der Waals surface area (Å²) in [6.07, 6.45) is 0.430. The molecule has 0 saturated carbocycles. The Bertz CT molecular complexity index is 892. The first-order valence-corrected chi connectivity index (χ1v) is 11.4. The van der Waals surface area contributed by atoms with Gasteiger partial charge in [0.25, 0.3) is 5.91 Å². The third-order valence-corrected chi connectivity index (χ3v) is 5.50. The Balaban J connectivity index is 2.10. The molecule has 2 heterocycles. The number of hydrogen-bond donors (Lipinski definition) is 3. The second-order valence-electron chi connectivity index (χ2n) is 9.61. The first-order chi connectivity index (χ1) is 15.9. The van der Waals surface area contributed by atoms with Gasteiger partial charge in [-0.05, 0) is 32.1 Å². The van der Waals surface area contributed by atoms with E-state index in [0.717, 1.165) is 0 Å². The maximum absolute atomic E-state index is 13.0. The molecule has 0 radical (unpaired) electrons. The molecule has 1 aromatic rings. The number of ether oxygens (including phenoxy) is 2. The fraction of sp³-hybridized carbons (Fsp3) is 0.696. The number of Topliss-reactive ketones (excluding diaryl/α,β-unsaturated/α-hetero) is 1. The van der Waals surface area contributed by atoms with E-state index in [0.29, 0.717) is 18.8 Å². The van der Waals surface area contributed by atoms with Crippen LogP contribution in [0.5, 0.6) is 0 Å². The van der Waals surface area contributed by atoms with Gasteiger partial charge >= 0.3 is 0 Å². The number of rotatable bonds is 13. The lowest BCUT2D eigenvalue weighted by atomic mass is 9.93. The second-order valence-corrected chi connectivity index (χ2v) is 9.61. The minimum absolute atomic E-state index is 0.0490. The number of hydrogen-bond acceptors (Lipinski definition) is 8. The van der Waals surface area contributed by atoms with Gasteiger partial charge in [0.05, 0.1) is 19.3 Å². The number of methoxy groups -OCH3 is 1. The summed E-state index contributed by atoms with van der Waals surface area (Å²) in [6, 6.07) is -1.31. The second kappa shape index (κ2) is 11.6. The van der Waals surface area contributed by atoms with E-state index in [4.69, 9.17) is 14.0 Å². The summed E-state index contributed by atoms with van der Waals surface area (Å²) in [5.74, 6) is -1.57. The fourth-order valence-electron chi connectivity index (χ4n) is 3.43. The van der Waals surface area contributed by atoms with Crippen LogP contribution in [0.15, 0.2) is 10.6 Å². The standard InChI is InChI=1S/C23H36N4O7/c1-12(2)8-15(19(28)23(6)11-33-23)24-21(30)17(10-32-7)25-22(31)18(13(3)4)26-20(29)16-9-14(5)34-27-16/h9,12-13,15,17-18H,8,10-11H2,1-7H3,(H,24,30)(H,25,31)(H,26,29)/t15?,17-,18?,23?/m0/s1. The third-order valence-electron chi connectivity index (χ3n) is 5.50. The zero-order valence-corrected chi connectivity index (χ0v) is 20.9. The summed E-state index contributed by atoms with van der Waals surface area (Å²) >= 11 is 0. The number of aryl methyl sites for hydroxylation is 1. The molecule has 3 unspecified atom stereocenters. The molecule has 0 aliphatic carbocycles. The van der Waals surface area contributed by atoms with Crippen molar-refractivity contribution < 1.29 is 33.2 Å². The lowest BCUT2D eigenvalue weighted by molar-refractivity contribution is -0.134. The number of nitrogens with one attached hydrogen (secondary N) is 3. The molecule has 0 aromatic carbocycles. The average Bonchev–Trinajstić information content (AvgIpc) is 3.35. The zero-order valence-electron chi connectivity index (χ0n) is 20.9. The van der Waals surface area contributed by atoms with Crippen LogP contribution in [0.2, 0.25) is 0 Å². The highest BCUT2D eigenvalue weighted by Crippen LogP contribution is 2.29. The van der Waals surface area contributed by atoms with Crippen LogP contribution in [-0.2, 0) is 23.9 Å². The van der Waals surface area contributed by atoms with Crippen LogP contribution in [0, 0.1) is 18.8 Å². The molecule has 1 fully saturated rings. The fourth-order valence-corrected chi connectivity index (χ4v) is 3.43. The molecule has 3 N–H and O–H groups in total. The Hall–Kier alpha value is -2.79. The van der Waals surface area contributed by atoms with Gasteiger partial charge in [-0.2, -0.15) is 0 Å². The average molecular weight is 481 g/mol. The molecule has 4 atom stereocenters. The molecule has 2 rings (SSSR count). The normalized spacial score (nSPS) is 19.9. The van der Waals surface area contributed by atoms with Gasteiger partial charge < -0.3 is 29.9 Å². The molecule has 0 bridgehead atoms. The SMILES string of the molecule is COC[C@H](NC(=O)C(NC(=O)c1cc(C)on1)C(C)C)C(=O)NC(CC(C)C)C(=O)C1(C)CO1. The van der Waals surface area contributed by atoms with Crippen molar-refractivity contribution in [2.75, 3.05) is 20.3 Å². The Morgan fingerprint density at radius 3 is 2.18 bits per heavy atom. The molecule has 190 valence electrons. The molecule has 1 saturated heterocycles. The van der Waals surface area contributed by atoms with E-state index in [9.17, 15) is 19.2 Å². The highest BCUT2D eigenvalue weighted by Gasteiger charge is 2.50. The van der Waals surface area contributed by atoms with Crippen molar-refractivity contribution in [2.24, 2.45) is 11.8 Å². The quantitative estimate of drug-likeness (QED) is 0.350. The number of epoxide rings is 1. The number of carbonyl (C=O) groups excluding carboxylic acids is 4. The molecule has 1 aromatic heterocycles. The number of ketones is 1. The van der Waals surface area contributed by atoms with E-state index in [1.165, 1.54) is 13.2 Å². The molecule has 0 spiro atoms. The Kier molecular flexibility index (Phi) is 9.34. The van der Waals surface area contributed by atoms with Crippen LogP contribution in [0.25, 0.3) is 0 Å². The van der Waals surface area contributed by atoms with Gasteiger partial charge in [0.15, 0.2) is 11.5 Å². The van der Waals surface area contributed by atoms with Gasteiger partial charge in [0.1, 0.15) is 23.4 Å². The molecule has 11 heteroatoms. The minimum Gasteiger partial charge on any atom is -0.382 e. The number of carbonyl (C=O) groups is 4. The summed E-state index contributed by atoms with van der Waals surface area (Å²) in [6.45, 7) is 11.0. The van der Waals surface area contributed by atoms with Crippen molar-refractivity contribution in [2.45, 2.75) is 71.7 Å². The summed E-state index contributed by atoms with van der Waals surface area (Å²) in [7, 11) is 1.40. The van der Waals surface area contributed by atoms with E-state index in [2.05, 4.69) is 21.1 Å². The summed E-state index contributed by atoms with van der Waals surface area (Å²) in [5, 5.41) is 11.7. The Morgan fingerprint density at radius 2 is 1.71 bits per heavy atom. The number of aromatic nitrogens is 1. The van der Waals surface area contributed by atoms with Crippen molar-refractivity contribution in [3.63, 3.8) is 0 Å². The molecule has 1 aliphatic rings. The highest BCUT2D eigenvalue weighted by atomic mass is 16.6. The van der Waals surface area contributed by atoms with Crippen LogP contribution in [0.4, 0.5) is 0 Å². The monoisotopic (exact) mass is 480 g/mol. The summed E-state index contributed by atoms with van der Waals surface area (Å²) in [5.41, 5.74) is -0.841. The van der Waals surface area contributed by atoms with Gasteiger partial charge in [-0.25, -0.2) is 0 Å². The molecule has 1 aliphatic heterocycles. The first-order valence-electron chi connectivity index (χ1n) is 11.4.